The van der Waals surface area contributed by atoms with Gasteiger partial charge in [0.1, 0.15) is 6.33 Å². The molecule has 2 aromatic rings. The number of anilines is 1. The molecule has 1 aromatic heterocycles. The van der Waals surface area contributed by atoms with Crippen molar-refractivity contribution in [3.05, 3.63) is 58.7 Å². The van der Waals surface area contributed by atoms with Crippen LogP contribution < -0.4 is 5.32 Å². The first-order valence-electron chi connectivity index (χ1n) is 5.96. The summed E-state index contributed by atoms with van der Waals surface area (Å²) in [5.74, 6) is 0. The fraction of sp³-hybridized carbons (Fsp3) is 0.231. The molecule has 98 valence electrons. The molecule has 0 bridgehead atoms. The summed E-state index contributed by atoms with van der Waals surface area (Å²) in [6, 6.07) is 6.63. The van der Waals surface area contributed by atoms with Crippen molar-refractivity contribution in [1.29, 1.82) is 0 Å². The fourth-order valence-electron chi connectivity index (χ4n) is 1.85. The number of nitro benzene ring substituents is 1. The number of aromatic nitrogens is 2. The number of rotatable bonds is 5. The van der Waals surface area contributed by atoms with E-state index in [9.17, 15) is 10.1 Å². The van der Waals surface area contributed by atoms with E-state index >= 15 is 0 Å². The standard InChI is InChI=1S/C13H14N4O2/c1-2-13(16-11-7-14-9-15-8-11)10-4-3-5-12(6-10)17(18)19/h3-9,13,16H,2H2,1H3. The smallest absolute Gasteiger partial charge is 0.269 e. The van der Waals surface area contributed by atoms with Gasteiger partial charge in [-0.05, 0) is 12.0 Å². The van der Waals surface area contributed by atoms with E-state index < -0.39 is 0 Å². The average Bonchev–Trinajstić information content (AvgIpc) is 2.46. The van der Waals surface area contributed by atoms with Crippen LogP contribution in [0.2, 0.25) is 0 Å². The lowest BCUT2D eigenvalue weighted by Crippen LogP contribution is -2.10. The molecule has 0 aliphatic heterocycles. The topological polar surface area (TPSA) is 81.0 Å². The van der Waals surface area contributed by atoms with Crippen LogP contribution in [0.1, 0.15) is 24.9 Å². The molecule has 1 N–H and O–H groups in total. The van der Waals surface area contributed by atoms with E-state index in [2.05, 4.69) is 15.3 Å². The normalized spacial score (nSPS) is 11.8. The van der Waals surface area contributed by atoms with E-state index in [1.54, 1.807) is 24.5 Å². The van der Waals surface area contributed by atoms with Crippen molar-refractivity contribution in [3.8, 4) is 0 Å². The summed E-state index contributed by atoms with van der Waals surface area (Å²) in [6.07, 6.45) is 5.61. The third-order valence-corrected chi connectivity index (χ3v) is 2.79. The van der Waals surface area contributed by atoms with Crippen molar-refractivity contribution in [3.63, 3.8) is 0 Å². The van der Waals surface area contributed by atoms with Crippen LogP contribution in [0.25, 0.3) is 0 Å². The molecule has 0 saturated carbocycles. The van der Waals surface area contributed by atoms with Crippen molar-refractivity contribution in [2.75, 3.05) is 5.32 Å². The van der Waals surface area contributed by atoms with Crippen LogP contribution in [-0.2, 0) is 0 Å². The molecule has 1 unspecified atom stereocenters. The van der Waals surface area contributed by atoms with Crippen LogP contribution >= 0.6 is 0 Å². The molecule has 0 aliphatic rings. The molecule has 1 atom stereocenters. The highest BCUT2D eigenvalue weighted by Crippen LogP contribution is 2.24. The number of nitrogens with one attached hydrogen (secondary N) is 1. The number of nitrogens with zero attached hydrogens (tertiary/aromatic N) is 3. The Morgan fingerprint density at radius 1 is 1.37 bits per heavy atom. The zero-order chi connectivity index (χ0) is 13.7. The van der Waals surface area contributed by atoms with Crippen molar-refractivity contribution >= 4 is 11.4 Å². The molecule has 0 radical (unpaired) electrons. The predicted molar refractivity (Wildman–Crippen MR) is 71.8 cm³/mol. The quantitative estimate of drug-likeness (QED) is 0.658. The van der Waals surface area contributed by atoms with Crippen LogP contribution in [-0.4, -0.2) is 14.9 Å². The SMILES string of the molecule is CCC(Nc1cncnc1)c1cccc([N+](=O)[O-])c1. The summed E-state index contributed by atoms with van der Waals surface area (Å²) in [4.78, 5) is 18.3. The van der Waals surface area contributed by atoms with Gasteiger partial charge in [-0.3, -0.25) is 10.1 Å². The van der Waals surface area contributed by atoms with E-state index in [-0.39, 0.29) is 16.7 Å². The van der Waals surface area contributed by atoms with Crippen LogP contribution in [0.15, 0.2) is 43.0 Å². The Bertz CT molecular complexity index is 560. The average molecular weight is 258 g/mol. The summed E-state index contributed by atoms with van der Waals surface area (Å²) < 4.78 is 0. The second kappa shape index (κ2) is 5.90. The molecule has 0 amide bonds. The molecule has 2 rings (SSSR count). The van der Waals surface area contributed by atoms with Crippen LogP contribution in [0, 0.1) is 10.1 Å². The molecule has 0 aliphatic carbocycles. The van der Waals surface area contributed by atoms with Gasteiger partial charge in [-0.2, -0.15) is 0 Å². The predicted octanol–water partition coefficient (Wildman–Crippen LogP) is 2.95. The Hall–Kier alpha value is -2.50. The second-order valence-corrected chi connectivity index (χ2v) is 4.08. The van der Waals surface area contributed by atoms with E-state index in [4.69, 9.17) is 0 Å². The molecule has 0 saturated heterocycles. The number of benzene rings is 1. The first-order valence-corrected chi connectivity index (χ1v) is 5.96. The first kappa shape index (κ1) is 12.9. The van der Waals surface area contributed by atoms with Gasteiger partial charge in [0, 0.05) is 12.1 Å². The lowest BCUT2D eigenvalue weighted by Gasteiger charge is -2.18. The zero-order valence-corrected chi connectivity index (χ0v) is 10.5. The molecule has 6 heteroatoms. The molecule has 0 fully saturated rings. The van der Waals surface area contributed by atoms with Gasteiger partial charge in [-0.1, -0.05) is 19.1 Å². The fourth-order valence-corrected chi connectivity index (χ4v) is 1.85. The summed E-state index contributed by atoms with van der Waals surface area (Å²) in [5, 5.41) is 14.1. The Morgan fingerprint density at radius 2 is 2.11 bits per heavy atom. The second-order valence-electron chi connectivity index (χ2n) is 4.08. The summed E-state index contributed by atoms with van der Waals surface area (Å²) >= 11 is 0. The maximum Gasteiger partial charge on any atom is 0.269 e. The Balaban J connectivity index is 2.22. The Labute approximate surface area is 110 Å². The highest BCUT2D eigenvalue weighted by Gasteiger charge is 2.13. The van der Waals surface area contributed by atoms with Gasteiger partial charge in [0.2, 0.25) is 0 Å². The monoisotopic (exact) mass is 258 g/mol. The first-order chi connectivity index (χ1) is 9.20. The molecular weight excluding hydrogens is 244 g/mol. The van der Waals surface area contributed by atoms with Crippen LogP contribution in [0.3, 0.4) is 0 Å². The van der Waals surface area contributed by atoms with Gasteiger partial charge < -0.3 is 5.32 Å². The minimum absolute atomic E-state index is 0.00843. The summed E-state index contributed by atoms with van der Waals surface area (Å²) in [7, 11) is 0. The lowest BCUT2D eigenvalue weighted by molar-refractivity contribution is -0.384. The third kappa shape index (κ3) is 3.25. The molecule has 19 heavy (non-hydrogen) atoms. The van der Waals surface area contributed by atoms with Crippen molar-refractivity contribution in [2.24, 2.45) is 0 Å². The van der Waals surface area contributed by atoms with E-state index in [1.807, 2.05) is 13.0 Å². The van der Waals surface area contributed by atoms with E-state index in [1.165, 1.54) is 12.4 Å². The van der Waals surface area contributed by atoms with Crippen molar-refractivity contribution < 1.29 is 4.92 Å². The number of non-ortho nitro benzene ring substituents is 1. The largest absolute Gasteiger partial charge is 0.376 e. The number of nitro groups is 1. The van der Waals surface area contributed by atoms with Gasteiger partial charge in [-0.15, -0.1) is 0 Å². The number of hydrogen-bond acceptors (Lipinski definition) is 5. The molecule has 1 heterocycles. The van der Waals surface area contributed by atoms with E-state index in [0.717, 1.165) is 17.7 Å². The molecule has 1 aromatic carbocycles. The van der Waals surface area contributed by atoms with E-state index in [0.29, 0.717) is 0 Å². The van der Waals surface area contributed by atoms with Crippen LogP contribution in [0.4, 0.5) is 11.4 Å². The van der Waals surface area contributed by atoms with Crippen molar-refractivity contribution in [2.45, 2.75) is 19.4 Å². The van der Waals surface area contributed by atoms with Gasteiger partial charge >= 0.3 is 0 Å². The van der Waals surface area contributed by atoms with Gasteiger partial charge in [-0.25, -0.2) is 9.97 Å². The van der Waals surface area contributed by atoms with Gasteiger partial charge in [0.05, 0.1) is 29.0 Å². The minimum Gasteiger partial charge on any atom is -0.376 e. The lowest BCUT2D eigenvalue weighted by atomic mass is 10.0. The maximum absolute atomic E-state index is 10.8. The maximum atomic E-state index is 10.8. The zero-order valence-electron chi connectivity index (χ0n) is 10.5. The van der Waals surface area contributed by atoms with Gasteiger partial charge in [0.15, 0.2) is 0 Å². The number of hydrogen-bond donors (Lipinski definition) is 1. The van der Waals surface area contributed by atoms with Gasteiger partial charge in [0.25, 0.3) is 5.69 Å². The molecular formula is C13H14N4O2. The molecule has 6 nitrogen and oxygen atoms in total. The summed E-state index contributed by atoms with van der Waals surface area (Å²) in [5.41, 5.74) is 1.77. The van der Waals surface area contributed by atoms with Crippen molar-refractivity contribution in [1.82, 2.24) is 9.97 Å². The summed E-state index contributed by atoms with van der Waals surface area (Å²) in [6.45, 7) is 2.01. The highest BCUT2D eigenvalue weighted by molar-refractivity contribution is 5.43. The molecule has 0 spiro atoms. The Morgan fingerprint density at radius 3 is 2.74 bits per heavy atom. The van der Waals surface area contributed by atoms with Crippen LogP contribution in [0.5, 0.6) is 0 Å². The highest BCUT2D eigenvalue weighted by atomic mass is 16.6. The Kier molecular flexibility index (Phi) is 4.02. The third-order valence-electron chi connectivity index (χ3n) is 2.79. The minimum atomic E-state index is -0.387.